The van der Waals surface area contributed by atoms with Crippen molar-refractivity contribution in [2.75, 3.05) is 13.2 Å². The van der Waals surface area contributed by atoms with Crippen molar-refractivity contribution < 1.29 is 14.3 Å². The number of likely N-dealkylation sites (tertiary alicyclic amines) is 1. The Labute approximate surface area is 130 Å². The summed E-state index contributed by atoms with van der Waals surface area (Å²) in [5.41, 5.74) is 0.693. The number of aliphatic hydroxyl groups excluding tert-OH is 1. The summed E-state index contributed by atoms with van der Waals surface area (Å²) in [6, 6.07) is 6.86. The summed E-state index contributed by atoms with van der Waals surface area (Å²) < 4.78 is 13.8. The Hall–Kier alpha value is -1.62. The lowest BCUT2D eigenvalue weighted by atomic mass is 10.0. The van der Waals surface area contributed by atoms with Crippen LogP contribution in [0.2, 0.25) is 0 Å². The van der Waals surface area contributed by atoms with E-state index in [-0.39, 0.29) is 36.5 Å². The molecule has 0 aromatic heterocycles. The Kier molecular flexibility index (Phi) is 4.62. The zero-order chi connectivity index (χ0) is 15.5. The molecule has 2 N–H and O–H groups in total. The van der Waals surface area contributed by atoms with Crippen LogP contribution in [0.5, 0.6) is 0 Å². The Balaban J connectivity index is 1.57. The SMILES string of the molecule is O=C(NC1CC1c1ccccc1F)N1CCCCC1CCO. The molecule has 2 aliphatic rings. The van der Waals surface area contributed by atoms with Crippen molar-refractivity contribution in [2.45, 2.75) is 50.1 Å². The fourth-order valence-corrected chi connectivity index (χ4v) is 3.43. The fourth-order valence-electron chi connectivity index (χ4n) is 3.43. The van der Waals surface area contributed by atoms with Crippen LogP contribution in [0.1, 0.15) is 43.6 Å². The smallest absolute Gasteiger partial charge is 0.317 e. The van der Waals surface area contributed by atoms with E-state index in [9.17, 15) is 9.18 Å². The minimum absolute atomic E-state index is 0.0288. The van der Waals surface area contributed by atoms with Gasteiger partial charge in [-0.25, -0.2) is 9.18 Å². The molecule has 0 radical (unpaired) electrons. The number of carbonyl (C=O) groups is 1. The van der Waals surface area contributed by atoms with E-state index in [1.807, 2.05) is 11.0 Å². The van der Waals surface area contributed by atoms with E-state index in [0.29, 0.717) is 12.0 Å². The molecule has 0 bridgehead atoms. The lowest BCUT2D eigenvalue weighted by Gasteiger charge is -2.35. The number of hydrogen-bond donors (Lipinski definition) is 2. The molecular formula is C17H23FN2O2. The number of hydrogen-bond acceptors (Lipinski definition) is 2. The predicted octanol–water partition coefficient (Wildman–Crippen LogP) is 2.63. The van der Waals surface area contributed by atoms with E-state index in [1.165, 1.54) is 6.07 Å². The summed E-state index contributed by atoms with van der Waals surface area (Å²) in [7, 11) is 0. The molecule has 3 atom stereocenters. The first-order valence-electron chi connectivity index (χ1n) is 8.13. The second kappa shape index (κ2) is 6.65. The highest BCUT2D eigenvalue weighted by atomic mass is 19.1. The van der Waals surface area contributed by atoms with Gasteiger partial charge in [-0.05, 0) is 43.7 Å². The lowest BCUT2D eigenvalue weighted by Crippen LogP contribution is -2.49. The largest absolute Gasteiger partial charge is 0.396 e. The molecule has 1 aliphatic heterocycles. The van der Waals surface area contributed by atoms with Crippen molar-refractivity contribution in [2.24, 2.45) is 0 Å². The number of carbonyl (C=O) groups excluding carboxylic acids is 1. The molecule has 3 rings (SSSR count). The van der Waals surface area contributed by atoms with Crippen molar-refractivity contribution in [3.63, 3.8) is 0 Å². The van der Waals surface area contributed by atoms with E-state index in [2.05, 4.69) is 5.32 Å². The predicted molar refractivity (Wildman–Crippen MR) is 82.1 cm³/mol. The van der Waals surface area contributed by atoms with Crippen LogP contribution in [0.25, 0.3) is 0 Å². The molecule has 1 saturated carbocycles. The number of aliphatic hydroxyl groups is 1. The quantitative estimate of drug-likeness (QED) is 0.898. The third-order valence-corrected chi connectivity index (χ3v) is 4.75. The highest BCUT2D eigenvalue weighted by Crippen LogP contribution is 2.42. The summed E-state index contributed by atoms with van der Waals surface area (Å²) in [4.78, 5) is 14.3. The molecule has 0 spiro atoms. The van der Waals surface area contributed by atoms with Crippen LogP contribution >= 0.6 is 0 Å². The molecule has 120 valence electrons. The molecular weight excluding hydrogens is 283 g/mol. The van der Waals surface area contributed by atoms with Crippen LogP contribution in [0.15, 0.2) is 24.3 Å². The van der Waals surface area contributed by atoms with E-state index < -0.39 is 0 Å². The standard InChI is InChI=1S/C17H23FN2O2/c18-15-7-2-1-6-13(15)14-11-16(14)19-17(22)20-9-4-3-5-12(20)8-10-21/h1-2,6-7,12,14,16,21H,3-5,8-11H2,(H,19,22). The minimum Gasteiger partial charge on any atom is -0.396 e. The Morgan fingerprint density at radius 1 is 1.36 bits per heavy atom. The molecule has 2 fully saturated rings. The molecule has 1 heterocycles. The first-order chi connectivity index (χ1) is 10.7. The van der Waals surface area contributed by atoms with Crippen molar-refractivity contribution in [3.05, 3.63) is 35.6 Å². The third kappa shape index (κ3) is 3.24. The maximum absolute atomic E-state index is 13.8. The maximum Gasteiger partial charge on any atom is 0.317 e. The summed E-state index contributed by atoms with van der Waals surface area (Å²) in [6.07, 6.45) is 4.50. The lowest BCUT2D eigenvalue weighted by molar-refractivity contribution is 0.131. The van der Waals surface area contributed by atoms with Gasteiger partial charge in [-0.1, -0.05) is 18.2 Å². The van der Waals surface area contributed by atoms with Crippen molar-refractivity contribution in [1.29, 1.82) is 0 Å². The molecule has 2 amide bonds. The molecule has 1 aromatic carbocycles. The second-order valence-electron chi connectivity index (χ2n) is 6.27. The van der Waals surface area contributed by atoms with Crippen LogP contribution in [0, 0.1) is 5.82 Å². The number of urea groups is 1. The monoisotopic (exact) mass is 306 g/mol. The van der Waals surface area contributed by atoms with Gasteiger partial charge in [0.05, 0.1) is 0 Å². The summed E-state index contributed by atoms with van der Waals surface area (Å²) in [5, 5.41) is 12.2. The normalized spacial score (nSPS) is 27.5. The van der Waals surface area contributed by atoms with Gasteiger partial charge in [0, 0.05) is 31.2 Å². The minimum atomic E-state index is -0.194. The summed E-state index contributed by atoms with van der Waals surface area (Å²) in [6.45, 7) is 0.851. The number of nitrogens with one attached hydrogen (secondary N) is 1. The van der Waals surface area contributed by atoms with Crippen molar-refractivity contribution in [3.8, 4) is 0 Å². The molecule has 1 saturated heterocycles. The fraction of sp³-hybridized carbons (Fsp3) is 0.588. The van der Waals surface area contributed by atoms with E-state index in [0.717, 1.165) is 32.2 Å². The molecule has 5 heteroatoms. The summed E-state index contributed by atoms with van der Waals surface area (Å²) in [5.74, 6) is -0.105. The Morgan fingerprint density at radius 2 is 2.18 bits per heavy atom. The first-order valence-corrected chi connectivity index (χ1v) is 8.13. The van der Waals surface area contributed by atoms with Gasteiger partial charge in [-0.2, -0.15) is 0 Å². The van der Waals surface area contributed by atoms with Crippen LogP contribution in [-0.4, -0.2) is 41.3 Å². The third-order valence-electron chi connectivity index (χ3n) is 4.75. The topological polar surface area (TPSA) is 52.6 Å². The van der Waals surface area contributed by atoms with Crippen LogP contribution in [0.3, 0.4) is 0 Å². The van der Waals surface area contributed by atoms with E-state index in [4.69, 9.17) is 5.11 Å². The van der Waals surface area contributed by atoms with Gasteiger partial charge >= 0.3 is 6.03 Å². The van der Waals surface area contributed by atoms with Crippen LogP contribution in [0.4, 0.5) is 9.18 Å². The van der Waals surface area contributed by atoms with Gasteiger partial charge in [0.25, 0.3) is 0 Å². The summed E-state index contributed by atoms with van der Waals surface area (Å²) >= 11 is 0. The number of halogens is 1. The van der Waals surface area contributed by atoms with E-state index in [1.54, 1.807) is 12.1 Å². The highest BCUT2D eigenvalue weighted by molar-refractivity contribution is 5.75. The van der Waals surface area contributed by atoms with Gasteiger partial charge in [-0.3, -0.25) is 0 Å². The molecule has 1 aromatic rings. The van der Waals surface area contributed by atoms with Crippen molar-refractivity contribution in [1.82, 2.24) is 10.2 Å². The van der Waals surface area contributed by atoms with Crippen LogP contribution < -0.4 is 5.32 Å². The average Bonchev–Trinajstić information content (AvgIpc) is 3.27. The zero-order valence-electron chi connectivity index (χ0n) is 12.7. The number of piperidine rings is 1. The molecule has 3 unspecified atom stereocenters. The number of benzene rings is 1. The van der Waals surface area contributed by atoms with Crippen molar-refractivity contribution >= 4 is 6.03 Å². The second-order valence-corrected chi connectivity index (χ2v) is 6.27. The Morgan fingerprint density at radius 3 is 2.95 bits per heavy atom. The van der Waals surface area contributed by atoms with Crippen LogP contribution in [-0.2, 0) is 0 Å². The number of nitrogens with zero attached hydrogens (tertiary/aromatic N) is 1. The van der Waals surface area contributed by atoms with Gasteiger partial charge in [0.1, 0.15) is 5.82 Å². The van der Waals surface area contributed by atoms with Gasteiger partial charge in [0.2, 0.25) is 0 Å². The van der Waals surface area contributed by atoms with Gasteiger partial charge in [-0.15, -0.1) is 0 Å². The van der Waals surface area contributed by atoms with E-state index >= 15 is 0 Å². The van der Waals surface area contributed by atoms with Gasteiger partial charge in [0.15, 0.2) is 0 Å². The number of amides is 2. The molecule has 22 heavy (non-hydrogen) atoms. The molecule has 4 nitrogen and oxygen atoms in total. The average molecular weight is 306 g/mol. The number of rotatable bonds is 4. The first kappa shape index (κ1) is 15.3. The zero-order valence-corrected chi connectivity index (χ0v) is 12.7. The highest BCUT2D eigenvalue weighted by Gasteiger charge is 2.42. The molecule has 1 aliphatic carbocycles. The maximum atomic E-state index is 13.8. The Bertz CT molecular complexity index is 535. The van der Waals surface area contributed by atoms with Gasteiger partial charge < -0.3 is 15.3 Å².